The summed E-state index contributed by atoms with van der Waals surface area (Å²) in [5.41, 5.74) is 5.20. The quantitative estimate of drug-likeness (QED) is 0.384. The molecule has 0 saturated carbocycles. The van der Waals surface area contributed by atoms with Crippen molar-refractivity contribution in [1.29, 1.82) is 0 Å². The van der Waals surface area contributed by atoms with Gasteiger partial charge in [0, 0.05) is 33.4 Å². The van der Waals surface area contributed by atoms with Gasteiger partial charge < -0.3 is 5.11 Å². The van der Waals surface area contributed by atoms with Crippen molar-refractivity contribution in [3.63, 3.8) is 0 Å². The fraction of sp³-hybridized carbons (Fsp3) is 0. The molecule has 4 aromatic rings. The number of carbonyl (C=O) groups is 3. The summed E-state index contributed by atoms with van der Waals surface area (Å²) in [6, 6.07) is 26.3. The Bertz CT molecular complexity index is 1290. The molecule has 0 saturated heterocycles. The summed E-state index contributed by atoms with van der Waals surface area (Å²) in [6.07, 6.45) is 0. The molecule has 0 bridgehead atoms. The van der Waals surface area contributed by atoms with Crippen LogP contribution < -0.4 is 0 Å². The molecule has 0 unspecified atom stereocenters. The van der Waals surface area contributed by atoms with Gasteiger partial charge in [-0.2, -0.15) is 0 Å². The average Bonchev–Trinajstić information content (AvgIpc) is 3.09. The number of phenolic OH excluding ortho intramolecular Hbond substituents is 1. The molecule has 2 aliphatic rings. The van der Waals surface area contributed by atoms with Crippen LogP contribution >= 0.6 is 0 Å². The van der Waals surface area contributed by atoms with Gasteiger partial charge in [0.15, 0.2) is 17.3 Å². The van der Waals surface area contributed by atoms with Gasteiger partial charge in [-0.15, -0.1) is 0 Å². The van der Waals surface area contributed by atoms with Crippen LogP contribution in [-0.2, 0) is 0 Å². The second kappa shape index (κ2) is 7.18. The number of carbonyl (C=O) groups excluding carboxylic acids is 3. The van der Waals surface area contributed by atoms with Crippen LogP contribution in [0.4, 0.5) is 0 Å². The maximum absolute atomic E-state index is 12.1. The maximum Gasteiger partial charge on any atom is 0.194 e. The number of fused-ring (bicyclic) bond motifs is 5. The van der Waals surface area contributed by atoms with Crippen molar-refractivity contribution in [3.8, 4) is 16.9 Å². The third-order valence-corrected chi connectivity index (χ3v) is 5.54. The van der Waals surface area contributed by atoms with Crippen molar-refractivity contribution in [1.82, 2.24) is 0 Å². The summed E-state index contributed by atoms with van der Waals surface area (Å²) in [4.78, 5) is 36.1. The van der Waals surface area contributed by atoms with Crippen LogP contribution in [0.15, 0.2) is 91.0 Å². The van der Waals surface area contributed by atoms with Gasteiger partial charge >= 0.3 is 0 Å². The molecule has 0 heterocycles. The number of hydrogen-bond donors (Lipinski definition) is 1. The van der Waals surface area contributed by atoms with Crippen molar-refractivity contribution < 1.29 is 19.5 Å². The lowest BCUT2D eigenvalue weighted by atomic mass is 9.84. The zero-order valence-electron chi connectivity index (χ0n) is 16.3. The van der Waals surface area contributed by atoms with Crippen molar-refractivity contribution >= 4 is 17.3 Å². The first kappa shape index (κ1) is 18.7. The third kappa shape index (κ3) is 2.97. The zero-order valence-corrected chi connectivity index (χ0v) is 16.3. The Morgan fingerprint density at radius 3 is 1.16 bits per heavy atom. The Morgan fingerprint density at radius 2 is 0.710 bits per heavy atom. The van der Waals surface area contributed by atoms with Crippen LogP contribution in [0.5, 0.6) is 5.75 Å². The lowest BCUT2D eigenvalue weighted by Gasteiger charge is -2.16. The highest BCUT2D eigenvalue weighted by Crippen LogP contribution is 2.37. The standard InChI is InChI=1S/C14H8O2.C13H8O2/c15-13-9-5-1-2-6-10(9)14(16)12-8-4-3-7-11(12)13;14-8-5-6-10-9-3-1-2-4-11(9)13(15)12(10)7-8/h1-8H;1-7,14H. The summed E-state index contributed by atoms with van der Waals surface area (Å²) in [6.45, 7) is 0. The summed E-state index contributed by atoms with van der Waals surface area (Å²) in [5, 5.41) is 9.34. The Morgan fingerprint density at radius 1 is 0.387 bits per heavy atom. The van der Waals surface area contributed by atoms with Crippen molar-refractivity contribution in [2.24, 2.45) is 0 Å². The summed E-state index contributed by atoms with van der Waals surface area (Å²) in [5.74, 6) is 0.00278. The second-order valence-corrected chi connectivity index (χ2v) is 7.35. The molecule has 0 amide bonds. The van der Waals surface area contributed by atoms with Gasteiger partial charge in [-0.1, -0.05) is 72.8 Å². The van der Waals surface area contributed by atoms with Gasteiger partial charge in [-0.25, -0.2) is 0 Å². The topological polar surface area (TPSA) is 71.4 Å². The van der Waals surface area contributed by atoms with E-state index < -0.39 is 0 Å². The molecule has 0 radical (unpaired) electrons. The van der Waals surface area contributed by atoms with Crippen LogP contribution in [0, 0.1) is 0 Å². The molecule has 0 fully saturated rings. The SMILES string of the molecule is O=C1c2ccccc2-c2ccc(O)cc21.O=C1c2ccccc2C(=O)c2ccccc21. The van der Waals surface area contributed by atoms with Gasteiger partial charge in [-0.3, -0.25) is 14.4 Å². The van der Waals surface area contributed by atoms with Gasteiger partial charge in [0.2, 0.25) is 0 Å². The number of phenols is 1. The summed E-state index contributed by atoms with van der Waals surface area (Å²) < 4.78 is 0. The number of aromatic hydroxyl groups is 1. The summed E-state index contributed by atoms with van der Waals surface area (Å²) in [7, 11) is 0. The van der Waals surface area contributed by atoms with Crippen molar-refractivity contribution in [2.45, 2.75) is 0 Å². The smallest absolute Gasteiger partial charge is 0.194 e. The molecule has 4 heteroatoms. The minimum atomic E-state index is -0.0641. The first-order valence-corrected chi connectivity index (χ1v) is 9.81. The van der Waals surface area contributed by atoms with Gasteiger partial charge in [0.05, 0.1) is 0 Å². The molecule has 0 aromatic heterocycles. The molecule has 4 nitrogen and oxygen atoms in total. The van der Waals surface area contributed by atoms with Crippen LogP contribution in [0.2, 0.25) is 0 Å². The van der Waals surface area contributed by atoms with E-state index in [-0.39, 0.29) is 23.1 Å². The number of ketones is 3. The average molecular weight is 404 g/mol. The normalized spacial score (nSPS) is 12.8. The molecule has 0 spiro atoms. The van der Waals surface area contributed by atoms with Crippen LogP contribution in [-0.4, -0.2) is 22.5 Å². The minimum Gasteiger partial charge on any atom is -0.508 e. The Labute approximate surface area is 178 Å². The molecule has 2 aliphatic carbocycles. The van der Waals surface area contributed by atoms with E-state index in [2.05, 4.69) is 0 Å². The Kier molecular flexibility index (Phi) is 4.33. The van der Waals surface area contributed by atoms with Crippen LogP contribution in [0.1, 0.15) is 47.8 Å². The lowest BCUT2D eigenvalue weighted by molar-refractivity contribution is 0.0979. The largest absolute Gasteiger partial charge is 0.508 e. The first-order valence-electron chi connectivity index (χ1n) is 9.81. The van der Waals surface area contributed by atoms with E-state index in [0.29, 0.717) is 27.8 Å². The second-order valence-electron chi connectivity index (χ2n) is 7.35. The molecule has 4 aromatic carbocycles. The molecule has 0 aliphatic heterocycles. The van der Waals surface area contributed by atoms with Crippen LogP contribution in [0.25, 0.3) is 11.1 Å². The molecular formula is C27H16O4. The minimum absolute atomic E-state index is 0.00324. The van der Waals surface area contributed by atoms with E-state index in [1.54, 1.807) is 60.7 Å². The zero-order chi connectivity index (χ0) is 21.5. The fourth-order valence-corrected chi connectivity index (χ4v) is 4.06. The van der Waals surface area contributed by atoms with Gasteiger partial charge in [0.25, 0.3) is 0 Å². The molecule has 31 heavy (non-hydrogen) atoms. The lowest BCUT2D eigenvalue weighted by Crippen LogP contribution is -2.20. The third-order valence-electron chi connectivity index (χ3n) is 5.54. The monoisotopic (exact) mass is 404 g/mol. The predicted octanol–water partition coefficient (Wildman–Crippen LogP) is 5.07. The van der Waals surface area contributed by atoms with E-state index >= 15 is 0 Å². The van der Waals surface area contributed by atoms with Crippen LogP contribution in [0.3, 0.4) is 0 Å². The first-order chi connectivity index (χ1) is 15.1. The highest BCUT2D eigenvalue weighted by atomic mass is 16.3. The van der Waals surface area contributed by atoms with Crippen molar-refractivity contribution in [2.75, 3.05) is 0 Å². The highest BCUT2D eigenvalue weighted by Gasteiger charge is 2.28. The maximum atomic E-state index is 12.1. The van der Waals surface area contributed by atoms with E-state index in [0.717, 1.165) is 16.7 Å². The highest BCUT2D eigenvalue weighted by molar-refractivity contribution is 6.28. The molecule has 148 valence electrons. The summed E-state index contributed by atoms with van der Waals surface area (Å²) >= 11 is 0. The number of hydrogen-bond acceptors (Lipinski definition) is 4. The van der Waals surface area contributed by atoms with Crippen molar-refractivity contribution in [3.05, 3.63) is 124 Å². The Hall–Kier alpha value is -4.31. The van der Waals surface area contributed by atoms with E-state index in [1.807, 2.05) is 24.3 Å². The molecule has 1 N–H and O–H groups in total. The molecular weight excluding hydrogens is 388 g/mol. The Balaban J connectivity index is 0.000000132. The number of rotatable bonds is 0. The predicted molar refractivity (Wildman–Crippen MR) is 117 cm³/mol. The van der Waals surface area contributed by atoms with E-state index in [4.69, 9.17) is 0 Å². The fourth-order valence-electron chi connectivity index (χ4n) is 4.06. The number of benzene rings is 4. The molecule has 0 atom stereocenters. The van der Waals surface area contributed by atoms with E-state index in [9.17, 15) is 19.5 Å². The molecule has 6 rings (SSSR count). The van der Waals surface area contributed by atoms with Gasteiger partial charge in [-0.05, 0) is 29.3 Å². The van der Waals surface area contributed by atoms with Gasteiger partial charge in [0.1, 0.15) is 5.75 Å². The van der Waals surface area contributed by atoms with E-state index in [1.165, 1.54) is 6.07 Å².